The highest BCUT2D eigenvalue weighted by Crippen LogP contribution is 2.63. The molecule has 12 aromatic rings. The molecule has 5 heteroatoms. The number of rotatable bonds is 6. The molecule has 0 amide bonds. The molecule has 10 aromatic carbocycles. The number of para-hydroxylation sites is 2. The molecule has 3 nitrogen and oxygen atoms in total. The van der Waals surface area contributed by atoms with Crippen LogP contribution in [0.4, 0.5) is 34.1 Å². The van der Waals surface area contributed by atoms with Crippen LogP contribution in [0.5, 0.6) is 11.5 Å². The number of thiophene rings is 2. The second kappa shape index (κ2) is 14.5. The Morgan fingerprint density at radius 3 is 1.21 bits per heavy atom. The van der Waals surface area contributed by atoms with Crippen LogP contribution in [0.15, 0.2) is 231 Å². The number of hydrogen-bond donors (Lipinski definition) is 0. The summed E-state index contributed by atoms with van der Waals surface area (Å²) in [6, 6.07) is 84.3. The Hall–Kier alpha value is -7.96. The fraction of sp³-hybridized carbons (Fsp3) is 0.0164. The molecule has 1 spiro atoms. The zero-order valence-electron chi connectivity index (χ0n) is 35.6. The van der Waals surface area contributed by atoms with Gasteiger partial charge in [0.15, 0.2) is 0 Å². The zero-order valence-corrected chi connectivity index (χ0v) is 37.2. The Kier molecular flexibility index (Phi) is 8.24. The van der Waals surface area contributed by atoms with E-state index in [4.69, 9.17) is 4.74 Å². The minimum absolute atomic E-state index is 0.708. The van der Waals surface area contributed by atoms with Crippen molar-refractivity contribution in [3.05, 3.63) is 253 Å². The van der Waals surface area contributed by atoms with Crippen LogP contribution in [0, 0.1) is 0 Å². The molecule has 0 bridgehead atoms. The quantitative estimate of drug-likeness (QED) is 0.165. The fourth-order valence-electron chi connectivity index (χ4n) is 11.0. The van der Waals surface area contributed by atoms with Crippen LogP contribution in [-0.4, -0.2) is 0 Å². The van der Waals surface area contributed by atoms with E-state index in [2.05, 4.69) is 240 Å². The summed E-state index contributed by atoms with van der Waals surface area (Å²) in [5.74, 6) is 1.71. The van der Waals surface area contributed by atoms with E-state index in [-0.39, 0.29) is 0 Å². The molecular formula is C61H38N2OS2. The van der Waals surface area contributed by atoms with Gasteiger partial charge in [0.05, 0.1) is 26.2 Å². The van der Waals surface area contributed by atoms with Gasteiger partial charge in [-0.2, -0.15) is 0 Å². The average molecular weight is 879 g/mol. The second-order valence-corrected chi connectivity index (χ2v) is 19.3. The summed E-state index contributed by atoms with van der Waals surface area (Å²) in [7, 11) is 0. The molecule has 0 N–H and O–H groups in total. The van der Waals surface area contributed by atoms with Gasteiger partial charge in [0.25, 0.3) is 0 Å². The summed E-state index contributed by atoms with van der Waals surface area (Å²) in [6.45, 7) is 0. The molecule has 14 rings (SSSR count). The first-order valence-corrected chi connectivity index (χ1v) is 24.0. The molecule has 0 atom stereocenters. The number of anilines is 6. The summed E-state index contributed by atoms with van der Waals surface area (Å²) in [6.07, 6.45) is 0. The van der Waals surface area contributed by atoms with Gasteiger partial charge < -0.3 is 14.5 Å². The second-order valence-electron chi connectivity index (χ2n) is 17.2. The molecule has 2 aromatic heterocycles. The van der Waals surface area contributed by atoms with E-state index in [0.29, 0.717) is 0 Å². The van der Waals surface area contributed by atoms with Gasteiger partial charge in [-0.25, -0.2) is 0 Å². The SMILES string of the molecule is c1ccc(N(c2ccc3c(c2)C2(c4cc(N(c5ccccc5)c5cccc6c5sc5ccccc56)ccc4O3)c3ccccc3-c3ccccc32)c2cccc3c2sc2ccccc23)cc1. The van der Waals surface area contributed by atoms with Crippen molar-refractivity contribution in [2.75, 3.05) is 9.80 Å². The maximum atomic E-state index is 7.17. The summed E-state index contributed by atoms with van der Waals surface area (Å²) in [5.41, 5.74) is 13.1. The number of ether oxygens (including phenoxy) is 1. The lowest BCUT2D eigenvalue weighted by Crippen LogP contribution is -2.32. The summed E-state index contributed by atoms with van der Waals surface area (Å²) in [5, 5.41) is 5.09. The highest BCUT2D eigenvalue weighted by Gasteiger charge is 2.51. The van der Waals surface area contributed by atoms with Crippen LogP contribution in [0.1, 0.15) is 22.3 Å². The number of hydrogen-bond acceptors (Lipinski definition) is 5. The van der Waals surface area contributed by atoms with Gasteiger partial charge in [-0.15, -0.1) is 22.7 Å². The van der Waals surface area contributed by atoms with Crippen molar-refractivity contribution in [3.63, 3.8) is 0 Å². The predicted molar refractivity (Wildman–Crippen MR) is 279 cm³/mol. The maximum Gasteiger partial charge on any atom is 0.132 e. The van der Waals surface area contributed by atoms with Gasteiger partial charge in [-0.05, 0) is 107 Å². The Morgan fingerprint density at radius 1 is 0.318 bits per heavy atom. The molecule has 66 heavy (non-hydrogen) atoms. The van der Waals surface area contributed by atoms with Crippen molar-refractivity contribution >= 4 is 97.1 Å². The third kappa shape index (κ3) is 5.36. The molecule has 310 valence electrons. The predicted octanol–water partition coefficient (Wildman–Crippen LogP) is 17.8. The standard InChI is InChI=1S/C61H38N2OS2/c1-3-17-39(18-4-1)62(53-29-15-25-47-45-23-9-13-31-57(45)65-59(47)53)41-33-35-55-51(37-41)61(49-27-11-7-21-43(49)44-22-8-12-28-50(44)61)52-38-42(34-36-56(52)64-55)63(40-19-5-2-6-20-40)54-30-16-26-48-46-24-10-14-32-58(46)66-60(48)54/h1-38H. The molecule has 0 fully saturated rings. The first-order chi connectivity index (χ1) is 32.7. The molecule has 0 saturated carbocycles. The topological polar surface area (TPSA) is 15.7 Å². The first-order valence-electron chi connectivity index (χ1n) is 22.4. The van der Waals surface area contributed by atoms with E-state index in [1.165, 1.54) is 62.6 Å². The largest absolute Gasteiger partial charge is 0.457 e. The lowest BCUT2D eigenvalue weighted by molar-refractivity contribution is 0.436. The summed E-state index contributed by atoms with van der Waals surface area (Å²) in [4.78, 5) is 4.88. The minimum Gasteiger partial charge on any atom is -0.457 e. The van der Waals surface area contributed by atoms with Crippen molar-refractivity contribution in [2.24, 2.45) is 0 Å². The van der Waals surface area contributed by atoms with Gasteiger partial charge in [0, 0.05) is 64.8 Å². The Morgan fingerprint density at radius 2 is 0.727 bits per heavy atom. The van der Waals surface area contributed by atoms with E-state index in [1.54, 1.807) is 0 Å². The Bertz CT molecular complexity index is 3640. The molecule has 0 radical (unpaired) electrons. The average Bonchev–Trinajstić information content (AvgIpc) is 4.05. The van der Waals surface area contributed by atoms with E-state index >= 15 is 0 Å². The highest BCUT2D eigenvalue weighted by molar-refractivity contribution is 7.26. The van der Waals surface area contributed by atoms with E-state index < -0.39 is 5.41 Å². The maximum absolute atomic E-state index is 7.17. The molecular weight excluding hydrogens is 841 g/mol. The first kappa shape index (κ1) is 37.4. The van der Waals surface area contributed by atoms with Crippen LogP contribution >= 0.6 is 22.7 Å². The van der Waals surface area contributed by atoms with Gasteiger partial charge in [-0.1, -0.05) is 146 Å². The zero-order chi connectivity index (χ0) is 43.3. The lowest BCUT2D eigenvalue weighted by Gasteiger charge is -2.41. The van der Waals surface area contributed by atoms with Crippen molar-refractivity contribution in [3.8, 4) is 22.6 Å². The molecule has 3 heterocycles. The third-order valence-corrected chi connectivity index (χ3v) is 16.1. The molecule has 1 aliphatic heterocycles. The fourth-order valence-corrected chi connectivity index (χ4v) is 13.4. The van der Waals surface area contributed by atoms with E-state index in [0.717, 1.165) is 56.8 Å². The van der Waals surface area contributed by atoms with Crippen LogP contribution in [0.25, 0.3) is 51.5 Å². The van der Waals surface area contributed by atoms with Crippen molar-refractivity contribution in [1.82, 2.24) is 0 Å². The minimum atomic E-state index is -0.708. The van der Waals surface area contributed by atoms with Gasteiger partial charge in [0.1, 0.15) is 11.5 Å². The van der Waals surface area contributed by atoms with Crippen molar-refractivity contribution < 1.29 is 4.74 Å². The normalized spacial score (nSPS) is 13.1. The van der Waals surface area contributed by atoms with Gasteiger partial charge in [0.2, 0.25) is 0 Å². The van der Waals surface area contributed by atoms with Gasteiger partial charge in [-0.3, -0.25) is 0 Å². The lowest BCUT2D eigenvalue weighted by atomic mass is 9.66. The van der Waals surface area contributed by atoms with Crippen LogP contribution in [0.2, 0.25) is 0 Å². The Balaban J connectivity index is 1.04. The molecule has 2 aliphatic rings. The number of fused-ring (bicyclic) bond motifs is 15. The summed E-state index contributed by atoms with van der Waals surface area (Å²) < 4.78 is 12.3. The summed E-state index contributed by atoms with van der Waals surface area (Å²) >= 11 is 3.71. The van der Waals surface area contributed by atoms with E-state index in [9.17, 15) is 0 Å². The molecule has 1 aliphatic carbocycles. The smallest absolute Gasteiger partial charge is 0.132 e. The van der Waals surface area contributed by atoms with Crippen molar-refractivity contribution in [1.29, 1.82) is 0 Å². The molecule has 0 saturated heterocycles. The third-order valence-electron chi connectivity index (χ3n) is 13.7. The highest BCUT2D eigenvalue weighted by atomic mass is 32.1. The van der Waals surface area contributed by atoms with Gasteiger partial charge >= 0.3 is 0 Å². The van der Waals surface area contributed by atoms with Crippen LogP contribution in [-0.2, 0) is 5.41 Å². The van der Waals surface area contributed by atoms with E-state index in [1.807, 2.05) is 22.7 Å². The number of benzene rings is 10. The monoisotopic (exact) mass is 878 g/mol. The number of nitrogens with zero attached hydrogens (tertiary/aromatic N) is 2. The van der Waals surface area contributed by atoms with Crippen LogP contribution in [0.3, 0.4) is 0 Å². The Labute approximate surface area is 390 Å². The van der Waals surface area contributed by atoms with Crippen LogP contribution < -0.4 is 14.5 Å². The van der Waals surface area contributed by atoms with Crippen molar-refractivity contribution in [2.45, 2.75) is 5.41 Å². The molecule has 0 unspecified atom stereocenters.